The summed E-state index contributed by atoms with van der Waals surface area (Å²) >= 11 is 0. The molecule has 1 saturated heterocycles. The van der Waals surface area contributed by atoms with E-state index < -0.39 is 0 Å². The smallest absolute Gasteiger partial charge is 0.191 e. The van der Waals surface area contributed by atoms with Crippen molar-refractivity contribution < 1.29 is 9.47 Å². The third kappa shape index (κ3) is 6.26. The highest BCUT2D eigenvalue weighted by Gasteiger charge is 2.14. The number of nitrogens with one attached hydrogen (secondary N) is 2. The van der Waals surface area contributed by atoms with Crippen molar-refractivity contribution in [3.05, 3.63) is 36.5 Å². The van der Waals surface area contributed by atoms with Gasteiger partial charge in [-0.3, -0.25) is 4.99 Å². The summed E-state index contributed by atoms with van der Waals surface area (Å²) < 4.78 is 13.5. The Hall–Kier alpha value is -2.05. The summed E-state index contributed by atoms with van der Waals surface area (Å²) in [6.45, 7) is 7.68. The number of para-hydroxylation sites is 1. The average Bonchev–Trinajstić information content (AvgIpc) is 3.35. The van der Waals surface area contributed by atoms with E-state index in [1.54, 1.807) is 0 Å². The number of nitrogens with zero attached hydrogens (tertiary/aromatic N) is 2. The molecule has 0 saturated carbocycles. The van der Waals surface area contributed by atoms with Crippen molar-refractivity contribution in [2.75, 3.05) is 39.5 Å². The highest BCUT2D eigenvalue weighted by molar-refractivity contribution is 5.80. The van der Waals surface area contributed by atoms with Crippen LogP contribution in [0.15, 0.2) is 41.5 Å². The molecule has 27 heavy (non-hydrogen) atoms. The molecule has 1 atom stereocenters. The number of hydrogen-bond acceptors (Lipinski definition) is 3. The molecule has 1 aliphatic heterocycles. The molecular weight excluding hydrogens is 340 g/mol. The van der Waals surface area contributed by atoms with Crippen LogP contribution in [-0.2, 0) is 16.0 Å². The van der Waals surface area contributed by atoms with Crippen molar-refractivity contribution in [2.24, 2.45) is 4.99 Å². The maximum atomic E-state index is 5.69. The number of fused-ring (bicyclic) bond motifs is 1. The molecule has 1 fully saturated rings. The minimum atomic E-state index is 0.289. The third-order valence-electron chi connectivity index (χ3n) is 4.72. The number of hydrogen-bond donors (Lipinski definition) is 2. The average molecular weight is 373 g/mol. The number of ether oxygens (including phenoxy) is 2. The van der Waals surface area contributed by atoms with Crippen molar-refractivity contribution in [2.45, 2.75) is 38.8 Å². The summed E-state index contributed by atoms with van der Waals surface area (Å²) in [5.41, 5.74) is 1.29. The number of aryl methyl sites for hydroxylation is 1. The van der Waals surface area contributed by atoms with E-state index in [0.717, 1.165) is 58.0 Å². The summed E-state index contributed by atoms with van der Waals surface area (Å²) in [7, 11) is 0. The van der Waals surface area contributed by atoms with Gasteiger partial charge in [-0.1, -0.05) is 18.2 Å². The van der Waals surface area contributed by atoms with Crippen molar-refractivity contribution in [1.29, 1.82) is 0 Å². The monoisotopic (exact) mass is 372 g/mol. The topological polar surface area (TPSA) is 59.8 Å². The number of rotatable bonds is 10. The van der Waals surface area contributed by atoms with Gasteiger partial charge in [0, 0.05) is 44.5 Å². The van der Waals surface area contributed by atoms with Crippen molar-refractivity contribution >= 4 is 16.9 Å². The highest BCUT2D eigenvalue weighted by atomic mass is 16.5. The van der Waals surface area contributed by atoms with Gasteiger partial charge in [0.05, 0.1) is 19.3 Å². The third-order valence-corrected chi connectivity index (χ3v) is 4.72. The van der Waals surface area contributed by atoms with Gasteiger partial charge in [-0.25, -0.2) is 0 Å². The quantitative estimate of drug-likeness (QED) is 0.382. The second-order valence-corrected chi connectivity index (χ2v) is 6.82. The zero-order chi connectivity index (χ0) is 18.7. The molecule has 0 spiro atoms. The minimum Gasteiger partial charge on any atom is -0.377 e. The number of aliphatic imine (C=N–C) groups is 1. The van der Waals surface area contributed by atoms with Crippen molar-refractivity contribution in [3.8, 4) is 0 Å². The molecule has 6 nitrogen and oxygen atoms in total. The molecule has 3 rings (SSSR count). The Morgan fingerprint density at radius 1 is 1.30 bits per heavy atom. The normalized spacial score (nSPS) is 17.5. The van der Waals surface area contributed by atoms with Crippen molar-refractivity contribution in [3.63, 3.8) is 0 Å². The Morgan fingerprint density at radius 3 is 3.07 bits per heavy atom. The van der Waals surface area contributed by atoms with Gasteiger partial charge in [-0.05, 0) is 43.7 Å². The van der Waals surface area contributed by atoms with Gasteiger partial charge in [0.1, 0.15) is 0 Å². The summed E-state index contributed by atoms with van der Waals surface area (Å²) in [4.78, 5) is 4.67. The minimum absolute atomic E-state index is 0.289. The molecule has 148 valence electrons. The van der Waals surface area contributed by atoms with Crippen LogP contribution < -0.4 is 10.6 Å². The molecule has 2 heterocycles. The SMILES string of the molecule is CCNC(=NCCCn1ccc2ccccc21)NCCOCC1CCCO1. The molecule has 1 aromatic heterocycles. The van der Waals surface area contributed by atoms with Gasteiger partial charge < -0.3 is 24.7 Å². The maximum absolute atomic E-state index is 5.69. The molecule has 1 unspecified atom stereocenters. The van der Waals surface area contributed by atoms with E-state index in [0.29, 0.717) is 13.2 Å². The summed E-state index contributed by atoms with van der Waals surface area (Å²) in [6.07, 6.45) is 5.72. The summed E-state index contributed by atoms with van der Waals surface area (Å²) in [5.74, 6) is 0.857. The van der Waals surface area contributed by atoms with E-state index in [1.807, 2.05) is 0 Å². The van der Waals surface area contributed by atoms with Gasteiger partial charge in [-0.2, -0.15) is 0 Å². The number of guanidine groups is 1. The lowest BCUT2D eigenvalue weighted by Gasteiger charge is -2.13. The fourth-order valence-electron chi connectivity index (χ4n) is 3.34. The molecule has 1 aliphatic rings. The van der Waals surface area contributed by atoms with Gasteiger partial charge >= 0.3 is 0 Å². The predicted molar refractivity (Wildman–Crippen MR) is 110 cm³/mol. The van der Waals surface area contributed by atoms with Crippen LogP contribution in [-0.4, -0.2) is 56.1 Å². The highest BCUT2D eigenvalue weighted by Crippen LogP contribution is 2.15. The van der Waals surface area contributed by atoms with Crippen LogP contribution in [0.5, 0.6) is 0 Å². The number of aromatic nitrogens is 1. The maximum Gasteiger partial charge on any atom is 0.191 e. The van der Waals surface area contributed by atoms with E-state index in [1.165, 1.54) is 10.9 Å². The lowest BCUT2D eigenvalue weighted by molar-refractivity contribution is 0.0191. The van der Waals surface area contributed by atoms with Gasteiger partial charge in [0.25, 0.3) is 0 Å². The molecule has 0 bridgehead atoms. The van der Waals surface area contributed by atoms with Crippen LogP contribution in [0.4, 0.5) is 0 Å². The van der Waals surface area contributed by atoms with Gasteiger partial charge in [0.2, 0.25) is 0 Å². The molecule has 6 heteroatoms. The van der Waals surface area contributed by atoms with E-state index in [9.17, 15) is 0 Å². The zero-order valence-electron chi connectivity index (χ0n) is 16.3. The molecule has 0 amide bonds. The van der Waals surface area contributed by atoms with E-state index in [-0.39, 0.29) is 6.10 Å². The fraction of sp³-hybridized carbons (Fsp3) is 0.571. The second kappa shape index (κ2) is 10.9. The molecule has 2 aromatic rings. The first-order valence-electron chi connectivity index (χ1n) is 10.1. The van der Waals surface area contributed by atoms with Crippen molar-refractivity contribution in [1.82, 2.24) is 15.2 Å². The van der Waals surface area contributed by atoms with E-state index in [2.05, 4.69) is 63.6 Å². The van der Waals surface area contributed by atoms with Gasteiger partial charge in [0.15, 0.2) is 5.96 Å². The van der Waals surface area contributed by atoms with E-state index >= 15 is 0 Å². The largest absolute Gasteiger partial charge is 0.377 e. The Labute approximate surface area is 161 Å². The summed E-state index contributed by atoms with van der Waals surface area (Å²) in [5, 5.41) is 7.92. The second-order valence-electron chi connectivity index (χ2n) is 6.82. The predicted octanol–water partition coefficient (Wildman–Crippen LogP) is 2.78. The standard InChI is InChI=1S/C21H32N4O2/c1-2-22-21(24-12-16-26-17-19-8-5-15-27-19)23-11-6-13-25-14-10-18-7-3-4-9-20(18)25/h3-4,7,9-10,14,19H,2,5-6,8,11-13,15-17H2,1H3,(H2,22,23,24). The van der Waals surface area contributed by atoms with Crippen LogP contribution in [0.25, 0.3) is 10.9 Å². The summed E-state index contributed by atoms with van der Waals surface area (Å²) in [6, 6.07) is 10.7. The fourth-order valence-corrected chi connectivity index (χ4v) is 3.34. The van der Waals surface area contributed by atoms with Crippen LogP contribution in [0.2, 0.25) is 0 Å². The Bertz CT molecular complexity index is 707. The van der Waals surface area contributed by atoms with Crippen LogP contribution in [0, 0.1) is 0 Å². The molecule has 0 radical (unpaired) electrons. The molecule has 0 aliphatic carbocycles. The zero-order valence-corrected chi connectivity index (χ0v) is 16.3. The Kier molecular flexibility index (Phi) is 7.99. The van der Waals surface area contributed by atoms with Gasteiger partial charge in [-0.15, -0.1) is 0 Å². The number of benzene rings is 1. The lowest BCUT2D eigenvalue weighted by atomic mass is 10.2. The Balaban J connectivity index is 1.35. The molecule has 2 N–H and O–H groups in total. The molecular formula is C21H32N4O2. The first-order chi connectivity index (χ1) is 13.4. The first-order valence-corrected chi connectivity index (χ1v) is 10.1. The Morgan fingerprint density at radius 2 is 2.22 bits per heavy atom. The lowest BCUT2D eigenvalue weighted by Crippen LogP contribution is -2.39. The van der Waals surface area contributed by atoms with Crippen LogP contribution in [0.1, 0.15) is 26.2 Å². The van der Waals surface area contributed by atoms with Crippen LogP contribution >= 0.6 is 0 Å². The molecule has 1 aromatic carbocycles. The van der Waals surface area contributed by atoms with E-state index in [4.69, 9.17) is 9.47 Å². The first kappa shape index (κ1) is 19.7. The van der Waals surface area contributed by atoms with Crippen LogP contribution in [0.3, 0.4) is 0 Å².